The minimum absolute atomic E-state index is 0.139. The number of nitriles is 1. The molecule has 1 aromatic rings. The van der Waals surface area contributed by atoms with E-state index in [9.17, 15) is 9.50 Å². The first-order chi connectivity index (χ1) is 9.22. The van der Waals surface area contributed by atoms with Crippen molar-refractivity contribution in [3.8, 4) is 6.07 Å². The number of rotatable bonds is 3. The highest BCUT2D eigenvalue weighted by molar-refractivity contribution is 5.33. The van der Waals surface area contributed by atoms with Gasteiger partial charge in [-0.1, -0.05) is 12.8 Å². The molecule has 1 N–H and O–H groups in total. The molecule has 1 fully saturated rings. The molecule has 1 aromatic carbocycles. The SMILES string of the molecule is N#Cc1cc(F)cc(CN2CCCCCC2CO)c1. The van der Waals surface area contributed by atoms with E-state index in [1.807, 2.05) is 6.07 Å². The minimum Gasteiger partial charge on any atom is -0.395 e. The van der Waals surface area contributed by atoms with Gasteiger partial charge in [-0.2, -0.15) is 5.26 Å². The van der Waals surface area contributed by atoms with Crippen LogP contribution in [0, 0.1) is 17.1 Å². The Kier molecular flexibility index (Phi) is 4.89. The summed E-state index contributed by atoms with van der Waals surface area (Å²) in [5, 5.41) is 18.3. The molecule has 1 aliphatic heterocycles. The highest BCUT2D eigenvalue weighted by atomic mass is 19.1. The molecule has 0 saturated carbocycles. The average molecular weight is 262 g/mol. The second kappa shape index (κ2) is 6.65. The summed E-state index contributed by atoms with van der Waals surface area (Å²) in [4.78, 5) is 2.20. The lowest BCUT2D eigenvalue weighted by atomic mass is 10.1. The van der Waals surface area contributed by atoms with E-state index in [4.69, 9.17) is 5.26 Å². The quantitative estimate of drug-likeness (QED) is 0.910. The Hall–Kier alpha value is -1.44. The van der Waals surface area contributed by atoms with Crippen molar-refractivity contribution in [2.24, 2.45) is 0 Å². The Balaban J connectivity index is 2.14. The summed E-state index contributed by atoms with van der Waals surface area (Å²) in [7, 11) is 0. The Morgan fingerprint density at radius 3 is 2.89 bits per heavy atom. The highest BCUT2D eigenvalue weighted by Crippen LogP contribution is 2.20. The van der Waals surface area contributed by atoms with E-state index in [-0.39, 0.29) is 18.5 Å². The van der Waals surface area contributed by atoms with Gasteiger partial charge in [0.2, 0.25) is 0 Å². The van der Waals surface area contributed by atoms with Crippen molar-refractivity contribution in [3.63, 3.8) is 0 Å². The molecule has 102 valence electrons. The fourth-order valence-corrected chi connectivity index (χ4v) is 2.69. The molecular weight excluding hydrogens is 243 g/mol. The van der Waals surface area contributed by atoms with Crippen molar-refractivity contribution in [1.29, 1.82) is 5.26 Å². The molecule has 0 bridgehead atoms. The van der Waals surface area contributed by atoms with Crippen LogP contribution in [0.3, 0.4) is 0 Å². The fourth-order valence-electron chi connectivity index (χ4n) is 2.69. The normalized spacial score (nSPS) is 20.8. The van der Waals surface area contributed by atoms with Crippen LogP contribution in [-0.2, 0) is 6.54 Å². The third-order valence-corrected chi connectivity index (χ3v) is 3.68. The molecule has 1 heterocycles. The molecule has 2 rings (SSSR count). The lowest BCUT2D eigenvalue weighted by Gasteiger charge is -2.28. The number of hydrogen-bond acceptors (Lipinski definition) is 3. The van der Waals surface area contributed by atoms with E-state index in [2.05, 4.69) is 4.90 Å². The van der Waals surface area contributed by atoms with Gasteiger partial charge >= 0.3 is 0 Å². The van der Waals surface area contributed by atoms with Crippen molar-refractivity contribution in [1.82, 2.24) is 4.90 Å². The second-order valence-corrected chi connectivity index (χ2v) is 5.12. The Morgan fingerprint density at radius 2 is 2.16 bits per heavy atom. The molecule has 3 nitrogen and oxygen atoms in total. The fraction of sp³-hybridized carbons (Fsp3) is 0.533. The van der Waals surface area contributed by atoms with Gasteiger partial charge in [-0.3, -0.25) is 4.90 Å². The van der Waals surface area contributed by atoms with Crippen LogP contribution in [0.5, 0.6) is 0 Å². The topological polar surface area (TPSA) is 47.3 Å². The summed E-state index contributed by atoms with van der Waals surface area (Å²) in [6.07, 6.45) is 4.40. The maximum atomic E-state index is 13.4. The van der Waals surface area contributed by atoms with E-state index < -0.39 is 0 Å². The molecule has 0 spiro atoms. The molecule has 1 saturated heterocycles. The monoisotopic (exact) mass is 262 g/mol. The van der Waals surface area contributed by atoms with Gasteiger partial charge in [0.1, 0.15) is 5.82 Å². The molecule has 0 aromatic heterocycles. The molecule has 4 heteroatoms. The van der Waals surface area contributed by atoms with Crippen molar-refractivity contribution < 1.29 is 9.50 Å². The van der Waals surface area contributed by atoms with Crippen molar-refractivity contribution >= 4 is 0 Å². The van der Waals surface area contributed by atoms with Crippen molar-refractivity contribution in [2.45, 2.75) is 38.3 Å². The first-order valence-electron chi connectivity index (χ1n) is 6.77. The number of aliphatic hydroxyl groups is 1. The summed E-state index contributed by atoms with van der Waals surface area (Å²) in [5.41, 5.74) is 1.15. The third-order valence-electron chi connectivity index (χ3n) is 3.68. The van der Waals surface area contributed by atoms with E-state index in [1.165, 1.54) is 18.6 Å². The second-order valence-electron chi connectivity index (χ2n) is 5.12. The minimum atomic E-state index is -0.371. The van der Waals surface area contributed by atoms with Crippen LogP contribution in [0.4, 0.5) is 4.39 Å². The smallest absolute Gasteiger partial charge is 0.124 e. The zero-order valence-electron chi connectivity index (χ0n) is 11.0. The van der Waals surface area contributed by atoms with Crippen LogP contribution in [-0.4, -0.2) is 29.2 Å². The Labute approximate surface area is 113 Å². The highest BCUT2D eigenvalue weighted by Gasteiger charge is 2.20. The number of aliphatic hydroxyl groups excluding tert-OH is 1. The summed E-state index contributed by atoms with van der Waals surface area (Å²) in [6.45, 7) is 1.65. The molecule has 1 aliphatic rings. The van der Waals surface area contributed by atoms with E-state index in [0.717, 1.165) is 31.4 Å². The van der Waals surface area contributed by atoms with Crippen molar-refractivity contribution in [3.05, 3.63) is 35.1 Å². The van der Waals surface area contributed by atoms with Gasteiger partial charge in [0, 0.05) is 12.6 Å². The van der Waals surface area contributed by atoms with Gasteiger partial charge in [0.15, 0.2) is 0 Å². The lowest BCUT2D eigenvalue weighted by molar-refractivity contribution is 0.118. The van der Waals surface area contributed by atoms with Gasteiger partial charge in [0.25, 0.3) is 0 Å². The number of likely N-dealkylation sites (tertiary alicyclic amines) is 1. The summed E-state index contributed by atoms with van der Waals surface area (Å²) >= 11 is 0. The molecular formula is C15H19FN2O. The number of hydrogen-bond donors (Lipinski definition) is 1. The van der Waals surface area contributed by atoms with Gasteiger partial charge < -0.3 is 5.11 Å². The van der Waals surface area contributed by atoms with E-state index >= 15 is 0 Å². The Bertz CT molecular complexity index is 470. The Morgan fingerprint density at radius 1 is 1.32 bits per heavy atom. The van der Waals surface area contributed by atoms with Crippen LogP contribution in [0.15, 0.2) is 18.2 Å². The van der Waals surface area contributed by atoms with Gasteiger partial charge in [-0.05, 0) is 43.1 Å². The standard InChI is InChI=1S/C15H19FN2O/c16-14-7-12(9-17)6-13(8-14)10-18-5-3-1-2-4-15(18)11-19/h6-8,15,19H,1-5,10-11H2. The predicted octanol–water partition coefficient (Wildman–Crippen LogP) is 2.43. The first kappa shape index (κ1) is 14.0. The van der Waals surface area contributed by atoms with Crippen LogP contribution in [0.1, 0.15) is 36.8 Å². The summed E-state index contributed by atoms with van der Waals surface area (Å²) in [6, 6.07) is 6.57. The largest absolute Gasteiger partial charge is 0.395 e. The summed E-state index contributed by atoms with van der Waals surface area (Å²) < 4.78 is 13.4. The zero-order chi connectivity index (χ0) is 13.7. The van der Waals surface area contributed by atoms with Crippen LogP contribution < -0.4 is 0 Å². The van der Waals surface area contributed by atoms with Crippen LogP contribution in [0.2, 0.25) is 0 Å². The van der Waals surface area contributed by atoms with Gasteiger partial charge in [-0.25, -0.2) is 4.39 Å². The first-order valence-corrected chi connectivity index (χ1v) is 6.77. The maximum Gasteiger partial charge on any atom is 0.124 e. The molecule has 19 heavy (non-hydrogen) atoms. The van der Waals surface area contributed by atoms with Crippen molar-refractivity contribution in [2.75, 3.05) is 13.2 Å². The van der Waals surface area contributed by atoms with E-state index in [1.54, 1.807) is 6.07 Å². The number of nitrogens with zero attached hydrogens (tertiary/aromatic N) is 2. The maximum absolute atomic E-state index is 13.4. The molecule has 0 aliphatic carbocycles. The van der Waals surface area contributed by atoms with E-state index in [0.29, 0.717) is 12.1 Å². The third kappa shape index (κ3) is 3.76. The lowest BCUT2D eigenvalue weighted by Crippen LogP contribution is -2.36. The number of benzene rings is 1. The molecule has 0 amide bonds. The van der Waals surface area contributed by atoms with Crippen LogP contribution >= 0.6 is 0 Å². The molecule has 1 unspecified atom stereocenters. The van der Waals surface area contributed by atoms with Crippen LogP contribution in [0.25, 0.3) is 0 Å². The van der Waals surface area contributed by atoms with Gasteiger partial charge in [-0.15, -0.1) is 0 Å². The van der Waals surface area contributed by atoms with Gasteiger partial charge in [0.05, 0.1) is 18.2 Å². The average Bonchev–Trinajstić information content (AvgIpc) is 2.63. The zero-order valence-corrected chi connectivity index (χ0v) is 11.0. The summed E-state index contributed by atoms with van der Waals surface area (Å²) in [5.74, 6) is -0.371. The predicted molar refractivity (Wildman–Crippen MR) is 70.9 cm³/mol. The molecule has 1 atom stereocenters. The number of halogens is 1. The molecule has 0 radical (unpaired) electrons.